The molecule has 0 radical (unpaired) electrons. The maximum atomic E-state index is 12.1. The molecule has 2 saturated carbocycles. The summed E-state index contributed by atoms with van der Waals surface area (Å²) in [6.45, 7) is 0. The summed E-state index contributed by atoms with van der Waals surface area (Å²) in [5.74, 6) is 0.384. The van der Waals surface area contributed by atoms with Crippen LogP contribution in [0.2, 0.25) is 0 Å². The Morgan fingerprint density at radius 1 is 1.39 bits per heavy atom. The molecule has 0 amide bonds. The van der Waals surface area contributed by atoms with Crippen molar-refractivity contribution < 1.29 is 9.53 Å². The molecule has 2 aromatic heterocycles. The number of rotatable bonds is 3. The highest BCUT2D eigenvalue weighted by atomic mass is 16.6. The number of hydrogen-bond donors (Lipinski definition) is 0. The quantitative estimate of drug-likeness (QED) is 0.772. The van der Waals surface area contributed by atoms with Crippen molar-refractivity contribution in [3.63, 3.8) is 0 Å². The van der Waals surface area contributed by atoms with Crippen molar-refractivity contribution in [3.05, 3.63) is 30.2 Å². The normalized spacial score (nSPS) is 20.9. The Labute approximate surface area is 104 Å². The zero-order chi connectivity index (χ0) is 12.2. The first kappa shape index (κ1) is 10.1. The van der Waals surface area contributed by atoms with Crippen LogP contribution in [0.1, 0.15) is 36.0 Å². The van der Waals surface area contributed by atoms with E-state index in [0.717, 1.165) is 18.5 Å². The fraction of sp³-hybridized carbons (Fsp3) is 0.462. The van der Waals surface area contributed by atoms with Gasteiger partial charge >= 0.3 is 5.97 Å². The molecule has 2 heterocycles. The summed E-state index contributed by atoms with van der Waals surface area (Å²) < 4.78 is 7.42. The Bertz CT molecular complexity index is 626. The summed E-state index contributed by atoms with van der Waals surface area (Å²) >= 11 is 0. The number of pyridine rings is 1. The van der Waals surface area contributed by atoms with Gasteiger partial charge in [0.1, 0.15) is 11.9 Å². The molecule has 2 aromatic rings. The Morgan fingerprint density at radius 2 is 2.22 bits per heavy atom. The van der Waals surface area contributed by atoms with Crippen molar-refractivity contribution in [1.29, 1.82) is 0 Å². The molecule has 2 aliphatic rings. The van der Waals surface area contributed by atoms with Gasteiger partial charge in [-0.25, -0.2) is 4.79 Å². The Kier molecular flexibility index (Phi) is 1.85. The fourth-order valence-corrected chi connectivity index (χ4v) is 2.52. The monoisotopic (exact) mass is 243 g/mol. The van der Waals surface area contributed by atoms with Crippen molar-refractivity contribution in [2.75, 3.05) is 0 Å². The molecular weight excluding hydrogens is 230 g/mol. The maximum Gasteiger partial charge on any atom is 0.340 e. The van der Waals surface area contributed by atoms with Crippen LogP contribution in [0.4, 0.5) is 0 Å². The van der Waals surface area contributed by atoms with Crippen LogP contribution in [0.15, 0.2) is 24.7 Å². The minimum atomic E-state index is -0.227. The molecule has 0 aliphatic heterocycles. The zero-order valence-electron chi connectivity index (χ0n) is 9.87. The van der Waals surface area contributed by atoms with Gasteiger partial charge in [-0.1, -0.05) is 0 Å². The molecule has 2 aliphatic carbocycles. The summed E-state index contributed by atoms with van der Waals surface area (Å²) in [5, 5.41) is 7.69. The van der Waals surface area contributed by atoms with E-state index in [1.807, 2.05) is 0 Å². The van der Waals surface area contributed by atoms with Crippen LogP contribution >= 0.6 is 0 Å². The van der Waals surface area contributed by atoms with Gasteiger partial charge in [-0.3, -0.25) is 4.40 Å². The zero-order valence-corrected chi connectivity index (χ0v) is 9.87. The molecule has 0 spiro atoms. The molecule has 18 heavy (non-hydrogen) atoms. The maximum absolute atomic E-state index is 12.1. The number of esters is 1. The minimum absolute atomic E-state index is 0.126. The SMILES string of the molecule is O=C(OC1(C2CC2)CC1)c1ccc2nncn2c1. The Balaban J connectivity index is 1.59. The number of aromatic nitrogens is 3. The lowest BCUT2D eigenvalue weighted by atomic mass is 10.2. The molecule has 4 rings (SSSR count). The number of fused-ring (bicyclic) bond motifs is 1. The third-order valence-electron chi connectivity index (χ3n) is 3.89. The first-order chi connectivity index (χ1) is 8.77. The molecule has 5 heteroatoms. The average Bonchev–Trinajstić information content (AvgIpc) is 3.27. The molecular formula is C13H13N3O2. The molecule has 5 nitrogen and oxygen atoms in total. The van der Waals surface area contributed by atoms with E-state index in [9.17, 15) is 4.79 Å². The molecule has 92 valence electrons. The van der Waals surface area contributed by atoms with Crippen molar-refractivity contribution in [2.45, 2.75) is 31.3 Å². The smallest absolute Gasteiger partial charge is 0.340 e. The number of nitrogens with zero attached hydrogens (tertiary/aromatic N) is 3. The van der Waals surface area contributed by atoms with Crippen LogP contribution in [0.25, 0.3) is 5.65 Å². The second kappa shape index (κ2) is 3.31. The highest BCUT2D eigenvalue weighted by molar-refractivity contribution is 5.90. The van der Waals surface area contributed by atoms with Gasteiger partial charge in [-0.15, -0.1) is 10.2 Å². The Morgan fingerprint density at radius 3 is 2.94 bits per heavy atom. The predicted octanol–water partition coefficient (Wildman–Crippen LogP) is 1.83. The summed E-state index contributed by atoms with van der Waals surface area (Å²) in [5.41, 5.74) is 1.17. The highest BCUT2D eigenvalue weighted by Gasteiger charge is 2.57. The molecule has 0 unspecified atom stereocenters. The van der Waals surface area contributed by atoms with Crippen molar-refractivity contribution in [1.82, 2.24) is 14.6 Å². The number of ether oxygens (including phenoxy) is 1. The average molecular weight is 243 g/mol. The lowest BCUT2D eigenvalue weighted by molar-refractivity contribution is 0.0160. The second-order valence-electron chi connectivity index (χ2n) is 5.24. The van der Waals surface area contributed by atoms with E-state index in [4.69, 9.17) is 4.74 Å². The molecule has 0 atom stereocenters. The van der Waals surface area contributed by atoms with Crippen LogP contribution in [-0.2, 0) is 4.74 Å². The molecule has 2 fully saturated rings. The number of carbonyl (C=O) groups excluding carboxylic acids is 1. The van der Waals surface area contributed by atoms with Gasteiger partial charge in [-0.05, 0) is 43.7 Å². The van der Waals surface area contributed by atoms with E-state index in [-0.39, 0.29) is 11.6 Å². The lowest BCUT2D eigenvalue weighted by Gasteiger charge is -2.15. The van der Waals surface area contributed by atoms with Crippen LogP contribution in [0, 0.1) is 5.92 Å². The standard InChI is InChI=1S/C13H13N3O2/c17-12(18-13(5-6-13)10-2-3-10)9-1-4-11-15-14-8-16(11)7-9/h1,4,7-8,10H,2-3,5-6H2. The third kappa shape index (κ3) is 1.50. The summed E-state index contributed by atoms with van der Waals surface area (Å²) in [6.07, 6.45) is 7.77. The summed E-state index contributed by atoms with van der Waals surface area (Å²) in [7, 11) is 0. The van der Waals surface area contributed by atoms with E-state index >= 15 is 0 Å². The first-order valence-electron chi connectivity index (χ1n) is 6.30. The topological polar surface area (TPSA) is 56.5 Å². The van der Waals surface area contributed by atoms with Gasteiger partial charge < -0.3 is 4.74 Å². The van der Waals surface area contributed by atoms with Gasteiger partial charge in [0.15, 0.2) is 5.65 Å². The van der Waals surface area contributed by atoms with E-state index in [1.165, 1.54) is 12.8 Å². The van der Waals surface area contributed by atoms with Crippen molar-refractivity contribution in [2.24, 2.45) is 5.92 Å². The summed E-state index contributed by atoms with van der Waals surface area (Å²) in [6, 6.07) is 3.52. The highest BCUT2D eigenvalue weighted by Crippen LogP contribution is 2.56. The van der Waals surface area contributed by atoms with Crippen LogP contribution in [-0.4, -0.2) is 26.2 Å². The van der Waals surface area contributed by atoms with Crippen molar-refractivity contribution >= 4 is 11.6 Å². The van der Waals surface area contributed by atoms with Crippen LogP contribution in [0.3, 0.4) is 0 Å². The van der Waals surface area contributed by atoms with Crippen LogP contribution < -0.4 is 0 Å². The number of carbonyl (C=O) groups is 1. The van der Waals surface area contributed by atoms with E-state index in [0.29, 0.717) is 11.5 Å². The van der Waals surface area contributed by atoms with Gasteiger partial charge in [0.2, 0.25) is 0 Å². The molecule has 0 bridgehead atoms. The number of hydrogen-bond acceptors (Lipinski definition) is 4. The molecule has 0 aromatic carbocycles. The van der Waals surface area contributed by atoms with Crippen molar-refractivity contribution in [3.8, 4) is 0 Å². The van der Waals surface area contributed by atoms with Gasteiger partial charge in [0.05, 0.1) is 5.56 Å². The van der Waals surface area contributed by atoms with E-state index in [2.05, 4.69) is 10.2 Å². The third-order valence-corrected chi connectivity index (χ3v) is 3.89. The van der Waals surface area contributed by atoms with Gasteiger partial charge in [-0.2, -0.15) is 0 Å². The molecule has 0 saturated heterocycles. The minimum Gasteiger partial charge on any atom is -0.455 e. The van der Waals surface area contributed by atoms with E-state index < -0.39 is 0 Å². The van der Waals surface area contributed by atoms with Crippen LogP contribution in [0.5, 0.6) is 0 Å². The van der Waals surface area contributed by atoms with Gasteiger partial charge in [0, 0.05) is 6.20 Å². The largest absolute Gasteiger partial charge is 0.455 e. The first-order valence-corrected chi connectivity index (χ1v) is 6.30. The van der Waals surface area contributed by atoms with Gasteiger partial charge in [0.25, 0.3) is 0 Å². The fourth-order valence-electron chi connectivity index (χ4n) is 2.52. The Hall–Kier alpha value is -1.91. The summed E-state index contributed by atoms with van der Waals surface area (Å²) in [4.78, 5) is 12.1. The second-order valence-corrected chi connectivity index (χ2v) is 5.24. The van der Waals surface area contributed by atoms with E-state index in [1.54, 1.807) is 29.1 Å². The lowest BCUT2D eigenvalue weighted by Crippen LogP contribution is -2.22. The molecule has 0 N–H and O–H groups in total. The predicted molar refractivity (Wildman–Crippen MR) is 63.1 cm³/mol.